The Morgan fingerprint density at radius 1 is 1.30 bits per heavy atom. The summed E-state index contributed by atoms with van der Waals surface area (Å²) in [4.78, 5) is 30.5. The standard InChI is InChI=1S/C22H27N7O4/c1-23-19-10-18(25-16-5-2-8-28(22(16)32)13-4-3-9-33-12-13)27-20-14(11-24-29(19)20)21(31)26-15-6-7-17(15)30/h2,5,8,10-11,13,15,17,23,30H,3-4,6-7,9,12H2,1H3,(H,25,27)(H,26,31)/t13-,15-,17-/m0/s1. The third-order valence-corrected chi connectivity index (χ3v) is 6.29. The summed E-state index contributed by atoms with van der Waals surface area (Å²) in [6.07, 6.45) is 5.92. The minimum Gasteiger partial charge on any atom is -0.391 e. The molecule has 0 radical (unpaired) electrons. The summed E-state index contributed by atoms with van der Waals surface area (Å²) in [6, 6.07) is 4.98. The highest BCUT2D eigenvalue weighted by Crippen LogP contribution is 2.24. The van der Waals surface area contributed by atoms with Gasteiger partial charge in [0.2, 0.25) is 0 Å². The van der Waals surface area contributed by atoms with Crippen molar-refractivity contribution >= 4 is 28.9 Å². The maximum absolute atomic E-state index is 13.1. The first-order valence-corrected chi connectivity index (χ1v) is 11.2. The number of aliphatic hydroxyl groups is 1. The van der Waals surface area contributed by atoms with E-state index in [1.54, 1.807) is 29.9 Å². The van der Waals surface area contributed by atoms with Crippen molar-refractivity contribution in [2.45, 2.75) is 43.9 Å². The quantitative estimate of drug-likeness (QED) is 0.438. The van der Waals surface area contributed by atoms with Crippen molar-refractivity contribution in [2.75, 3.05) is 30.9 Å². The molecule has 11 nitrogen and oxygen atoms in total. The number of ether oxygens (including phenoxy) is 1. The molecule has 5 rings (SSSR count). The average Bonchev–Trinajstić information content (AvgIpc) is 3.27. The first-order chi connectivity index (χ1) is 16.0. The number of aromatic nitrogens is 4. The second-order valence-corrected chi connectivity index (χ2v) is 8.43. The van der Waals surface area contributed by atoms with Gasteiger partial charge in [0.1, 0.15) is 22.9 Å². The SMILES string of the molecule is CNc1cc(Nc2cccn([C@H]3CCCOC3)c2=O)nc2c(C(=O)N[C@H]3CC[C@@H]3O)cnn12. The molecular formula is C22H27N7O4. The van der Waals surface area contributed by atoms with Gasteiger partial charge in [-0.25, -0.2) is 4.98 Å². The van der Waals surface area contributed by atoms with Crippen LogP contribution in [0.1, 0.15) is 42.1 Å². The summed E-state index contributed by atoms with van der Waals surface area (Å²) < 4.78 is 8.76. The van der Waals surface area contributed by atoms with E-state index in [2.05, 4.69) is 26.0 Å². The molecule has 1 saturated carbocycles. The Bertz CT molecular complexity index is 1230. The zero-order valence-electron chi connectivity index (χ0n) is 18.3. The van der Waals surface area contributed by atoms with Gasteiger partial charge < -0.3 is 30.4 Å². The molecular weight excluding hydrogens is 426 g/mol. The minimum atomic E-state index is -0.524. The number of hydrogen-bond donors (Lipinski definition) is 4. The number of aliphatic hydroxyl groups excluding tert-OH is 1. The smallest absolute Gasteiger partial charge is 0.274 e. The van der Waals surface area contributed by atoms with Crippen LogP contribution in [0.3, 0.4) is 0 Å². The summed E-state index contributed by atoms with van der Waals surface area (Å²) >= 11 is 0. The van der Waals surface area contributed by atoms with Crippen molar-refractivity contribution in [1.82, 2.24) is 24.5 Å². The monoisotopic (exact) mass is 453 g/mol. The molecule has 0 bridgehead atoms. The largest absolute Gasteiger partial charge is 0.391 e. The molecule has 3 aromatic heterocycles. The van der Waals surface area contributed by atoms with E-state index in [0.717, 1.165) is 25.9 Å². The third kappa shape index (κ3) is 4.05. The number of fused-ring (bicyclic) bond motifs is 1. The number of nitrogens with zero attached hydrogens (tertiary/aromatic N) is 4. The lowest BCUT2D eigenvalue weighted by Crippen LogP contribution is -2.50. The number of hydrogen-bond acceptors (Lipinski definition) is 8. The maximum atomic E-state index is 13.1. The Morgan fingerprint density at radius 2 is 2.18 bits per heavy atom. The minimum absolute atomic E-state index is 0.00305. The molecule has 4 N–H and O–H groups in total. The second kappa shape index (κ2) is 8.83. The van der Waals surface area contributed by atoms with Crippen LogP contribution in [0.5, 0.6) is 0 Å². The van der Waals surface area contributed by atoms with E-state index in [0.29, 0.717) is 41.6 Å². The van der Waals surface area contributed by atoms with E-state index in [1.165, 1.54) is 10.7 Å². The molecule has 174 valence electrons. The number of carbonyl (C=O) groups excluding carboxylic acids is 1. The Kier molecular flexibility index (Phi) is 5.73. The predicted molar refractivity (Wildman–Crippen MR) is 122 cm³/mol. The van der Waals surface area contributed by atoms with E-state index in [4.69, 9.17) is 4.74 Å². The molecule has 3 atom stereocenters. The van der Waals surface area contributed by atoms with Gasteiger partial charge in [0.05, 0.1) is 31.0 Å². The topological polar surface area (TPSA) is 135 Å². The molecule has 1 aliphatic carbocycles. The molecule has 4 heterocycles. The molecule has 33 heavy (non-hydrogen) atoms. The lowest BCUT2D eigenvalue weighted by molar-refractivity contribution is 0.0448. The number of rotatable bonds is 6. The average molecular weight is 454 g/mol. The fourth-order valence-corrected chi connectivity index (χ4v) is 4.24. The van der Waals surface area contributed by atoms with Gasteiger partial charge in [0, 0.05) is 25.9 Å². The van der Waals surface area contributed by atoms with Gasteiger partial charge in [-0.3, -0.25) is 9.59 Å². The molecule has 0 spiro atoms. The number of nitrogens with one attached hydrogen (secondary N) is 3. The summed E-state index contributed by atoms with van der Waals surface area (Å²) in [5, 5.41) is 23.1. The van der Waals surface area contributed by atoms with Crippen molar-refractivity contribution in [3.05, 3.63) is 46.5 Å². The van der Waals surface area contributed by atoms with E-state index in [1.807, 2.05) is 6.07 Å². The molecule has 0 unspecified atom stereocenters. The molecule has 0 aromatic carbocycles. The van der Waals surface area contributed by atoms with Gasteiger partial charge in [-0.05, 0) is 37.8 Å². The maximum Gasteiger partial charge on any atom is 0.274 e. The predicted octanol–water partition coefficient (Wildman–Crippen LogP) is 1.28. The van der Waals surface area contributed by atoms with E-state index in [9.17, 15) is 14.7 Å². The van der Waals surface area contributed by atoms with Crippen molar-refractivity contribution in [1.29, 1.82) is 0 Å². The summed E-state index contributed by atoms with van der Waals surface area (Å²) in [5.74, 6) is 0.654. The Hall–Kier alpha value is -3.44. The Balaban J connectivity index is 1.46. The zero-order chi connectivity index (χ0) is 22.9. The van der Waals surface area contributed by atoms with Crippen LogP contribution in [0.4, 0.5) is 17.3 Å². The van der Waals surface area contributed by atoms with Gasteiger partial charge in [0.15, 0.2) is 5.65 Å². The summed E-state index contributed by atoms with van der Waals surface area (Å²) in [6.45, 7) is 1.24. The van der Waals surface area contributed by atoms with Crippen LogP contribution in [0.15, 0.2) is 35.4 Å². The highest BCUT2D eigenvalue weighted by molar-refractivity contribution is 6.00. The Labute approximate surface area is 189 Å². The molecule has 11 heteroatoms. The molecule has 2 fully saturated rings. The second-order valence-electron chi connectivity index (χ2n) is 8.43. The molecule has 1 amide bonds. The van der Waals surface area contributed by atoms with Crippen LogP contribution < -0.4 is 21.5 Å². The fraction of sp³-hybridized carbons (Fsp3) is 0.455. The van der Waals surface area contributed by atoms with Crippen molar-refractivity contribution in [2.24, 2.45) is 0 Å². The highest BCUT2D eigenvalue weighted by Gasteiger charge is 2.31. The lowest BCUT2D eigenvalue weighted by Gasteiger charge is -2.32. The van der Waals surface area contributed by atoms with Gasteiger partial charge in [-0.2, -0.15) is 9.61 Å². The number of carbonyl (C=O) groups is 1. The first-order valence-electron chi connectivity index (χ1n) is 11.2. The molecule has 2 aliphatic rings. The van der Waals surface area contributed by atoms with Crippen molar-refractivity contribution in [3.8, 4) is 0 Å². The number of pyridine rings is 1. The van der Waals surface area contributed by atoms with Gasteiger partial charge >= 0.3 is 0 Å². The van der Waals surface area contributed by atoms with Crippen LogP contribution in [-0.4, -0.2) is 62.6 Å². The van der Waals surface area contributed by atoms with E-state index in [-0.39, 0.29) is 23.6 Å². The number of amides is 1. The zero-order valence-corrected chi connectivity index (χ0v) is 18.3. The first kappa shape index (κ1) is 21.4. The number of anilines is 3. The third-order valence-electron chi connectivity index (χ3n) is 6.29. The Morgan fingerprint density at radius 3 is 2.88 bits per heavy atom. The van der Waals surface area contributed by atoms with Gasteiger partial charge in [-0.1, -0.05) is 0 Å². The van der Waals surface area contributed by atoms with Crippen molar-refractivity contribution in [3.63, 3.8) is 0 Å². The van der Waals surface area contributed by atoms with Crippen LogP contribution in [0, 0.1) is 0 Å². The van der Waals surface area contributed by atoms with Crippen LogP contribution in [0.25, 0.3) is 5.65 Å². The fourth-order valence-electron chi connectivity index (χ4n) is 4.24. The van der Waals surface area contributed by atoms with E-state index < -0.39 is 6.10 Å². The summed E-state index contributed by atoms with van der Waals surface area (Å²) in [7, 11) is 1.74. The molecule has 3 aromatic rings. The molecule has 1 saturated heterocycles. The van der Waals surface area contributed by atoms with Crippen molar-refractivity contribution < 1.29 is 14.6 Å². The lowest BCUT2D eigenvalue weighted by atomic mass is 9.89. The summed E-state index contributed by atoms with van der Waals surface area (Å²) in [5.41, 5.74) is 0.850. The van der Waals surface area contributed by atoms with Crippen LogP contribution >= 0.6 is 0 Å². The highest BCUT2D eigenvalue weighted by atomic mass is 16.5. The van der Waals surface area contributed by atoms with E-state index >= 15 is 0 Å². The van der Waals surface area contributed by atoms with Crippen LogP contribution in [-0.2, 0) is 4.74 Å². The van der Waals surface area contributed by atoms with Crippen LogP contribution in [0.2, 0.25) is 0 Å². The normalized spacial score (nSPS) is 22.5. The van der Waals surface area contributed by atoms with Gasteiger partial charge in [-0.15, -0.1) is 0 Å². The van der Waals surface area contributed by atoms with Gasteiger partial charge in [0.25, 0.3) is 11.5 Å². The molecule has 1 aliphatic heterocycles.